The molecule has 12 rings (SSSR count). The molecule has 0 saturated carbocycles. The molecular weight excluding hydrogens is 811 g/mol. The largest absolute Gasteiger partial charge is 0.294 e. The molecule has 0 unspecified atom stereocenters. The van der Waals surface area contributed by atoms with Crippen LogP contribution >= 0.6 is 0 Å². The van der Waals surface area contributed by atoms with Crippen molar-refractivity contribution < 1.29 is 0 Å². The van der Waals surface area contributed by atoms with Crippen molar-refractivity contribution in [1.29, 1.82) is 0 Å². The highest BCUT2D eigenvalue weighted by molar-refractivity contribution is 6.14. The zero-order chi connectivity index (χ0) is 44.5. The molecule has 0 fully saturated rings. The van der Waals surface area contributed by atoms with Crippen LogP contribution in [0.2, 0.25) is 0 Å². The first-order valence-electron chi connectivity index (χ1n) is 22.8. The van der Waals surface area contributed by atoms with E-state index < -0.39 is 0 Å². The van der Waals surface area contributed by atoms with Crippen molar-refractivity contribution in [3.63, 3.8) is 0 Å². The zero-order valence-electron chi connectivity index (χ0n) is 36.7. The minimum atomic E-state index is 0.676. The second-order valence-corrected chi connectivity index (χ2v) is 17.0. The van der Waals surface area contributed by atoms with Crippen molar-refractivity contribution in [1.82, 2.24) is 14.5 Å². The Balaban J connectivity index is 0.929. The first-order chi connectivity index (χ1) is 33.2. The van der Waals surface area contributed by atoms with Crippen LogP contribution in [0.25, 0.3) is 117 Å². The second kappa shape index (κ2) is 17.2. The average Bonchev–Trinajstić information content (AvgIpc) is 3.76. The summed E-state index contributed by atoms with van der Waals surface area (Å²) in [6.45, 7) is 0. The van der Waals surface area contributed by atoms with Crippen LogP contribution in [0.4, 0.5) is 0 Å². The van der Waals surface area contributed by atoms with Gasteiger partial charge in [-0.05, 0) is 121 Å². The molecule has 3 nitrogen and oxygen atoms in total. The summed E-state index contributed by atoms with van der Waals surface area (Å²) in [5, 5.41) is 2.15. The molecule has 0 aliphatic carbocycles. The number of aromatic nitrogens is 3. The van der Waals surface area contributed by atoms with Gasteiger partial charge in [0.05, 0.1) is 16.6 Å². The molecule has 3 heteroatoms. The van der Waals surface area contributed by atoms with Crippen molar-refractivity contribution >= 4 is 21.9 Å². The smallest absolute Gasteiger partial charge is 0.162 e. The molecule has 12 aromatic rings. The van der Waals surface area contributed by atoms with Gasteiger partial charge in [-0.15, -0.1) is 0 Å². The number of fused-ring (bicyclic) bond motifs is 3. The third-order valence-electron chi connectivity index (χ3n) is 12.8. The minimum Gasteiger partial charge on any atom is -0.294 e. The van der Waals surface area contributed by atoms with Gasteiger partial charge in [-0.25, -0.2) is 9.97 Å². The van der Waals surface area contributed by atoms with E-state index in [4.69, 9.17) is 9.97 Å². The number of para-hydroxylation sites is 2. The molecule has 0 atom stereocenters. The molecule has 314 valence electrons. The van der Waals surface area contributed by atoms with Gasteiger partial charge in [0, 0.05) is 22.2 Å². The van der Waals surface area contributed by atoms with Crippen molar-refractivity contribution in [2.24, 2.45) is 0 Å². The van der Waals surface area contributed by atoms with E-state index in [1.54, 1.807) is 0 Å². The molecule has 0 bridgehead atoms. The first-order valence-corrected chi connectivity index (χ1v) is 22.8. The van der Waals surface area contributed by atoms with Gasteiger partial charge in [-0.2, -0.15) is 0 Å². The van der Waals surface area contributed by atoms with Gasteiger partial charge in [0.15, 0.2) is 5.82 Å². The number of rotatable bonds is 9. The van der Waals surface area contributed by atoms with Gasteiger partial charge in [-0.3, -0.25) is 4.57 Å². The summed E-state index contributed by atoms with van der Waals surface area (Å²) in [5.74, 6) is 0.676. The molecular formula is C64H43N3. The van der Waals surface area contributed by atoms with Crippen LogP contribution in [0, 0.1) is 0 Å². The molecule has 0 spiro atoms. The highest BCUT2D eigenvalue weighted by atomic mass is 15.1. The minimum absolute atomic E-state index is 0.676. The van der Waals surface area contributed by atoms with Gasteiger partial charge in [0.1, 0.15) is 5.65 Å². The van der Waals surface area contributed by atoms with Crippen molar-refractivity contribution in [2.75, 3.05) is 0 Å². The van der Waals surface area contributed by atoms with E-state index in [1.807, 2.05) is 0 Å². The quantitative estimate of drug-likeness (QED) is 0.145. The lowest BCUT2D eigenvalue weighted by Gasteiger charge is -2.13. The second-order valence-electron chi connectivity index (χ2n) is 17.0. The Morgan fingerprint density at radius 2 is 0.612 bits per heavy atom. The van der Waals surface area contributed by atoms with Crippen LogP contribution in [0.1, 0.15) is 0 Å². The van der Waals surface area contributed by atoms with E-state index in [0.717, 1.165) is 66.7 Å². The van der Waals surface area contributed by atoms with Crippen LogP contribution in [0.15, 0.2) is 261 Å². The van der Waals surface area contributed by atoms with Crippen molar-refractivity contribution in [2.45, 2.75) is 0 Å². The summed E-state index contributed by atoms with van der Waals surface area (Å²) in [6, 6.07) is 93.0. The van der Waals surface area contributed by atoms with Crippen molar-refractivity contribution in [3.05, 3.63) is 261 Å². The van der Waals surface area contributed by atoms with Crippen LogP contribution < -0.4 is 0 Å². The first kappa shape index (κ1) is 39.7. The zero-order valence-corrected chi connectivity index (χ0v) is 36.7. The third-order valence-corrected chi connectivity index (χ3v) is 12.8. The summed E-state index contributed by atoms with van der Waals surface area (Å²) >= 11 is 0. The fourth-order valence-electron chi connectivity index (χ4n) is 9.47. The Morgan fingerprint density at radius 1 is 0.254 bits per heavy atom. The summed E-state index contributed by atoms with van der Waals surface area (Å²) in [7, 11) is 0. The van der Waals surface area contributed by atoms with E-state index in [1.165, 1.54) is 44.5 Å². The standard InChI is InChI=1S/C64H43N3/c1-5-18-44(19-6-1)50-25-16-28-53(39-50)62-61-59-32-13-14-33-60(59)67(58-30-11-4-12-31-58)64(61)66-63(65-62)54-29-17-26-51(40-54)48-36-34-47(35-37-48)49-24-15-27-52(38-49)57-42-55(45-20-7-2-8-21-45)41-56(43-57)46-22-9-3-10-23-46/h1-43H. The van der Waals surface area contributed by atoms with Gasteiger partial charge in [0.2, 0.25) is 0 Å². The topological polar surface area (TPSA) is 30.7 Å². The molecule has 0 N–H and O–H groups in total. The van der Waals surface area contributed by atoms with E-state index in [9.17, 15) is 0 Å². The summed E-state index contributed by atoms with van der Waals surface area (Å²) in [4.78, 5) is 10.9. The Morgan fingerprint density at radius 3 is 1.16 bits per heavy atom. The lowest BCUT2D eigenvalue weighted by atomic mass is 9.92. The van der Waals surface area contributed by atoms with Gasteiger partial charge in [0.25, 0.3) is 0 Å². The maximum Gasteiger partial charge on any atom is 0.162 e. The molecule has 0 amide bonds. The van der Waals surface area contributed by atoms with Crippen molar-refractivity contribution in [3.8, 4) is 95.1 Å². The number of hydrogen-bond donors (Lipinski definition) is 0. The number of nitrogens with zero attached hydrogens (tertiary/aromatic N) is 3. The molecule has 0 aliphatic heterocycles. The summed E-state index contributed by atoms with van der Waals surface area (Å²) in [5.41, 5.74) is 20.0. The third kappa shape index (κ3) is 7.69. The number of hydrogen-bond acceptors (Lipinski definition) is 2. The van der Waals surface area contributed by atoms with Crippen LogP contribution in [0.5, 0.6) is 0 Å². The van der Waals surface area contributed by atoms with E-state index in [2.05, 4.69) is 265 Å². The summed E-state index contributed by atoms with van der Waals surface area (Å²) < 4.78 is 2.28. The molecule has 0 radical (unpaired) electrons. The Hall–Kier alpha value is -8.92. The fourth-order valence-corrected chi connectivity index (χ4v) is 9.47. The summed E-state index contributed by atoms with van der Waals surface area (Å²) in [6.07, 6.45) is 0. The molecule has 10 aromatic carbocycles. The number of benzene rings is 10. The van der Waals surface area contributed by atoms with Crippen LogP contribution in [-0.2, 0) is 0 Å². The lowest BCUT2D eigenvalue weighted by Crippen LogP contribution is -1.99. The average molecular weight is 854 g/mol. The SMILES string of the molecule is c1ccc(-c2cc(-c3ccccc3)cc(-c3cccc(-c4ccc(-c5cccc(-c6nc(-c7cccc(-c8ccccc8)c7)c7c8ccccc8n(-c8ccccc8)c7n6)c5)cc4)c3)c2)cc1. The normalized spacial score (nSPS) is 11.3. The lowest BCUT2D eigenvalue weighted by molar-refractivity contribution is 1.11. The maximum atomic E-state index is 5.48. The van der Waals surface area contributed by atoms with E-state index in [0.29, 0.717) is 5.82 Å². The monoisotopic (exact) mass is 853 g/mol. The molecule has 67 heavy (non-hydrogen) atoms. The highest BCUT2D eigenvalue weighted by Gasteiger charge is 2.21. The predicted molar refractivity (Wildman–Crippen MR) is 280 cm³/mol. The van der Waals surface area contributed by atoms with E-state index >= 15 is 0 Å². The highest BCUT2D eigenvalue weighted by Crippen LogP contribution is 2.40. The Labute approximate surface area is 390 Å². The van der Waals surface area contributed by atoms with Crippen LogP contribution in [-0.4, -0.2) is 14.5 Å². The van der Waals surface area contributed by atoms with Gasteiger partial charge >= 0.3 is 0 Å². The Bertz CT molecular complexity index is 3650. The molecule has 2 aromatic heterocycles. The van der Waals surface area contributed by atoms with E-state index in [-0.39, 0.29) is 0 Å². The van der Waals surface area contributed by atoms with Gasteiger partial charge in [-0.1, -0.05) is 206 Å². The predicted octanol–water partition coefficient (Wildman–Crippen LogP) is 16.9. The molecule has 0 aliphatic rings. The fraction of sp³-hybridized carbons (Fsp3) is 0. The molecule has 0 saturated heterocycles. The van der Waals surface area contributed by atoms with Gasteiger partial charge < -0.3 is 0 Å². The van der Waals surface area contributed by atoms with Crippen LogP contribution in [0.3, 0.4) is 0 Å². The maximum absolute atomic E-state index is 5.48. The molecule has 2 heterocycles. The Kier molecular flexibility index (Phi) is 10.2.